The fourth-order valence-electron chi connectivity index (χ4n) is 1.25. The molecule has 0 radical (unpaired) electrons. The van der Waals surface area contributed by atoms with Gasteiger partial charge in [-0.3, -0.25) is 0 Å². The number of hydrogen-bond acceptors (Lipinski definition) is 2. The normalized spacial score (nSPS) is 15.4. The van der Waals surface area contributed by atoms with Gasteiger partial charge in [0.25, 0.3) is 0 Å². The molecule has 0 heterocycles. The lowest BCUT2D eigenvalue weighted by molar-refractivity contribution is -0.0152. The molecule has 0 aromatic carbocycles. The minimum Gasteiger partial charge on any atom is -0.379 e. The zero-order valence-corrected chi connectivity index (χ0v) is 11.2. The first-order chi connectivity index (χ1) is 6.74. The SMILES string of the molecule is CCCC(CBr)COC(C)COCC. The van der Waals surface area contributed by atoms with Crippen LogP contribution in [-0.2, 0) is 9.47 Å². The van der Waals surface area contributed by atoms with Crippen LogP contribution in [0.15, 0.2) is 0 Å². The number of alkyl halides is 1. The molecule has 0 aliphatic rings. The first kappa shape index (κ1) is 14.4. The van der Waals surface area contributed by atoms with Gasteiger partial charge in [-0.2, -0.15) is 0 Å². The van der Waals surface area contributed by atoms with E-state index in [0.29, 0.717) is 12.5 Å². The van der Waals surface area contributed by atoms with Crippen molar-refractivity contribution in [2.45, 2.75) is 39.7 Å². The Balaban J connectivity index is 3.46. The van der Waals surface area contributed by atoms with Crippen LogP contribution in [0.1, 0.15) is 33.6 Å². The maximum absolute atomic E-state index is 5.69. The van der Waals surface area contributed by atoms with Crippen LogP contribution in [0.3, 0.4) is 0 Å². The van der Waals surface area contributed by atoms with E-state index in [2.05, 4.69) is 29.8 Å². The molecule has 0 spiro atoms. The summed E-state index contributed by atoms with van der Waals surface area (Å²) in [5, 5.41) is 1.03. The third-order valence-electron chi connectivity index (χ3n) is 2.09. The highest BCUT2D eigenvalue weighted by molar-refractivity contribution is 9.09. The number of ether oxygens (including phenoxy) is 2. The van der Waals surface area contributed by atoms with Crippen molar-refractivity contribution in [2.24, 2.45) is 5.92 Å². The van der Waals surface area contributed by atoms with Crippen LogP contribution in [0.5, 0.6) is 0 Å². The maximum Gasteiger partial charge on any atom is 0.0780 e. The van der Waals surface area contributed by atoms with E-state index in [1.165, 1.54) is 12.8 Å². The molecule has 2 unspecified atom stereocenters. The van der Waals surface area contributed by atoms with Crippen LogP contribution in [0.25, 0.3) is 0 Å². The summed E-state index contributed by atoms with van der Waals surface area (Å²) in [4.78, 5) is 0. The lowest BCUT2D eigenvalue weighted by Crippen LogP contribution is -2.21. The van der Waals surface area contributed by atoms with E-state index in [1.807, 2.05) is 6.92 Å². The highest BCUT2D eigenvalue weighted by atomic mass is 79.9. The summed E-state index contributed by atoms with van der Waals surface area (Å²) in [6, 6.07) is 0. The Morgan fingerprint density at radius 1 is 1.21 bits per heavy atom. The van der Waals surface area contributed by atoms with Crippen LogP contribution in [0.2, 0.25) is 0 Å². The molecule has 0 bridgehead atoms. The zero-order chi connectivity index (χ0) is 10.8. The number of hydrogen-bond donors (Lipinski definition) is 0. The Hall–Kier alpha value is 0.400. The lowest BCUT2D eigenvalue weighted by Gasteiger charge is -2.17. The van der Waals surface area contributed by atoms with E-state index >= 15 is 0 Å². The third kappa shape index (κ3) is 7.77. The highest BCUT2D eigenvalue weighted by Gasteiger charge is 2.09. The van der Waals surface area contributed by atoms with Crippen molar-refractivity contribution < 1.29 is 9.47 Å². The molecule has 0 amide bonds. The van der Waals surface area contributed by atoms with Gasteiger partial charge in [0.05, 0.1) is 19.3 Å². The molecular formula is C11H23BrO2. The van der Waals surface area contributed by atoms with Crippen molar-refractivity contribution in [2.75, 3.05) is 25.2 Å². The molecule has 0 aromatic rings. The van der Waals surface area contributed by atoms with E-state index in [0.717, 1.165) is 18.5 Å². The quantitative estimate of drug-likeness (QED) is 0.597. The topological polar surface area (TPSA) is 18.5 Å². The summed E-state index contributed by atoms with van der Waals surface area (Å²) in [7, 11) is 0. The van der Waals surface area contributed by atoms with Gasteiger partial charge in [0.2, 0.25) is 0 Å². The molecule has 0 aliphatic carbocycles. The van der Waals surface area contributed by atoms with Gasteiger partial charge in [-0.1, -0.05) is 29.3 Å². The molecule has 2 nitrogen and oxygen atoms in total. The van der Waals surface area contributed by atoms with Crippen molar-refractivity contribution in [1.82, 2.24) is 0 Å². The molecule has 0 saturated heterocycles. The molecule has 0 aliphatic heterocycles. The van der Waals surface area contributed by atoms with Gasteiger partial charge in [0.1, 0.15) is 0 Å². The van der Waals surface area contributed by atoms with Crippen LogP contribution in [0, 0.1) is 5.92 Å². The predicted octanol–water partition coefficient (Wildman–Crippen LogP) is 3.24. The average Bonchev–Trinajstić information content (AvgIpc) is 2.21. The summed E-state index contributed by atoms with van der Waals surface area (Å²) in [5.74, 6) is 0.643. The van der Waals surface area contributed by atoms with E-state index in [-0.39, 0.29) is 6.10 Å². The molecule has 0 rings (SSSR count). The summed E-state index contributed by atoms with van der Waals surface area (Å²) in [5.41, 5.74) is 0. The van der Waals surface area contributed by atoms with Crippen LogP contribution >= 0.6 is 15.9 Å². The van der Waals surface area contributed by atoms with E-state index in [9.17, 15) is 0 Å². The zero-order valence-electron chi connectivity index (χ0n) is 9.59. The second-order valence-electron chi connectivity index (χ2n) is 3.61. The Bertz CT molecular complexity index is 120. The Morgan fingerprint density at radius 2 is 1.93 bits per heavy atom. The van der Waals surface area contributed by atoms with Crippen molar-refractivity contribution in [3.05, 3.63) is 0 Å². The fourth-order valence-corrected chi connectivity index (χ4v) is 1.76. The molecule has 0 aromatic heterocycles. The first-order valence-electron chi connectivity index (χ1n) is 5.49. The third-order valence-corrected chi connectivity index (χ3v) is 3.00. The summed E-state index contributed by atoms with van der Waals surface area (Å²) < 4.78 is 11.0. The first-order valence-corrected chi connectivity index (χ1v) is 6.62. The van der Waals surface area contributed by atoms with Crippen molar-refractivity contribution in [3.8, 4) is 0 Å². The van der Waals surface area contributed by atoms with Gasteiger partial charge in [0, 0.05) is 11.9 Å². The molecular weight excluding hydrogens is 244 g/mol. The summed E-state index contributed by atoms with van der Waals surface area (Å²) in [6.45, 7) is 8.59. The molecule has 86 valence electrons. The number of rotatable bonds is 9. The van der Waals surface area contributed by atoms with Crippen LogP contribution in [0.4, 0.5) is 0 Å². The monoisotopic (exact) mass is 266 g/mol. The molecule has 2 atom stereocenters. The van der Waals surface area contributed by atoms with Gasteiger partial charge < -0.3 is 9.47 Å². The lowest BCUT2D eigenvalue weighted by atomic mass is 10.1. The van der Waals surface area contributed by atoms with Gasteiger partial charge >= 0.3 is 0 Å². The van der Waals surface area contributed by atoms with Crippen molar-refractivity contribution in [1.29, 1.82) is 0 Å². The second-order valence-corrected chi connectivity index (χ2v) is 4.26. The van der Waals surface area contributed by atoms with Gasteiger partial charge in [0.15, 0.2) is 0 Å². The minimum absolute atomic E-state index is 0.216. The Labute approximate surface area is 96.5 Å². The van der Waals surface area contributed by atoms with E-state index in [1.54, 1.807) is 0 Å². The summed E-state index contributed by atoms with van der Waals surface area (Å²) in [6.07, 6.45) is 2.67. The molecule has 14 heavy (non-hydrogen) atoms. The predicted molar refractivity (Wildman–Crippen MR) is 64.1 cm³/mol. The van der Waals surface area contributed by atoms with Crippen LogP contribution in [-0.4, -0.2) is 31.3 Å². The molecule has 0 N–H and O–H groups in total. The average molecular weight is 267 g/mol. The standard InChI is InChI=1S/C11H23BrO2/c1-4-6-11(7-12)9-14-10(3)8-13-5-2/h10-11H,4-9H2,1-3H3. The summed E-state index contributed by atoms with van der Waals surface area (Å²) >= 11 is 3.51. The molecule has 0 fully saturated rings. The maximum atomic E-state index is 5.69. The van der Waals surface area contributed by atoms with Gasteiger partial charge in [-0.05, 0) is 26.2 Å². The van der Waals surface area contributed by atoms with Crippen molar-refractivity contribution in [3.63, 3.8) is 0 Å². The number of halogens is 1. The van der Waals surface area contributed by atoms with E-state index in [4.69, 9.17) is 9.47 Å². The van der Waals surface area contributed by atoms with Gasteiger partial charge in [-0.15, -0.1) is 0 Å². The molecule has 0 saturated carbocycles. The smallest absolute Gasteiger partial charge is 0.0780 e. The Kier molecular flexibility index (Phi) is 10.2. The van der Waals surface area contributed by atoms with Crippen LogP contribution < -0.4 is 0 Å². The fraction of sp³-hybridized carbons (Fsp3) is 1.00. The second kappa shape index (κ2) is 9.94. The molecule has 3 heteroatoms. The van der Waals surface area contributed by atoms with Crippen molar-refractivity contribution >= 4 is 15.9 Å². The largest absolute Gasteiger partial charge is 0.379 e. The Morgan fingerprint density at radius 3 is 2.43 bits per heavy atom. The van der Waals surface area contributed by atoms with E-state index < -0.39 is 0 Å². The van der Waals surface area contributed by atoms with Gasteiger partial charge in [-0.25, -0.2) is 0 Å². The highest BCUT2D eigenvalue weighted by Crippen LogP contribution is 2.11. The minimum atomic E-state index is 0.216.